The van der Waals surface area contributed by atoms with Gasteiger partial charge in [-0.2, -0.15) is 0 Å². The van der Waals surface area contributed by atoms with Crippen LogP contribution in [-0.2, 0) is 0 Å². The maximum atomic E-state index is 12.5. The highest BCUT2D eigenvalue weighted by molar-refractivity contribution is 5.97. The first-order valence-electron chi connectivity index (χ1n) is 8.76. The normalized spacial score (nSPS) is 14.0. The smallest absolute Gasteiger partial charge is 0.321 e. The first kappa shape index (κ1) is 18.4. The number of nitrogens with zero attached hydrogens (tertiary/aromatic N) is 2. The summed E-state index contributed by atoms with van der Waals surface area (Å²) in [7, 11) is 0. The van der Waals surface area contributed by atoms with Crippen molar-refractivity contribution in [2.75, 3.05) is 31.5 Å². The van der Waals surface area contributed by atoms with Gasteiger partial charge in [-0.1, -0.05) is 24.3 Å². The molecule has 1 fully saturated rings. The molecular formula is C20H22N4O3. The quantitative estimate of drug-likeness (QED) is 0.870. The lowest BCUT2D eigenvalue weighted by Crippen LogP contribution is -2.51. The van der Waals surface area contributed by atoms with Crippen molar-refractivity contribution in [2.45, 2.75) is 6.92 Å². The second kappa shape index (κ2) is 7.90. The highest BCUT2D eigenvalue weighted by atomic mass is 16.2. The molecule has 0 aliphatic carbocycles. The minimum absolute atomic E-state index is 0.0272. The van der Waals surface area contributed by atoms with Crippen molar-refractivity contribution in [1.82, 2.24) is 9.80 Å². The van der Waals surface area contributed by atoms with Crippen LogP contribution < -0.4 is 11.1 Å². The second-order valence-corrected chi connectivity index (χ2v) is 6.47. The van der Waals surface area contributed by atoms with E-state index in [0.717, 1.165) is 5.56 Å². The van der Waals surface area contributed by atoms with Crippen molar-refractivity contribution < 1.29 is 14.4 Å². The summed E-state index contributed by atoms with van der Waals surface area (Å²) in [6, 6.07) is 13.8. The van der Waals surface area contributed by atoms with Gasteiger partial charge in [0, 0.05) is 43.0 Å². The van der Waals surface area contributed by atoms with Crippen molar-refractivity contribution >= 4 is 23.5 Å². The average Bonchev–Trinajstić information content (AvgIpc) is 2.69. The molecule has 2 aromatic rings. The topological polar surface area (TPSA) is 95.7 Å². The van der Waals surface area contributed by atoms with Crippen LogP contribution in [0, 0.1) is 6.92 Å². The number of aryl methyl sites for hydroxylation is 1. The number of piperazine rings is 1. The third-order valence-corrected chi connectivity index (χ3v) is 4.64. The lowest BCUT2D eigenvalue weighted by atomic mass is 10.1. The number of carbonyl (C=O) groups excluding carboxylic acids is 3. The van der Waals surface area contributed by atoms with Gasteiger partial charge < -0.3 is 20.9 Å². The molecule has 7 heteroatoms. The second-order valence-electron chi connectivity index (χ2n) is 6.47. The molecule has 0 bridgehead atoms. The molecule has 0 aromatic heterocycles. The van der Waals surface area contributed by atoms with Crippen LogP contribution in [0.1, 0.15) is 26.3 Å². The number of benzene rings is 2. The van der Waals surface area contributed by atoms with Gasteiger partial charge >= 0.3 is 6.03 Å². The van der Waals surface area contributed by atoms with Crippen LogP contribution in [0.3, 0.4) is 0 Å². The number of carbonyl (C=O) groups is 3. The number of hydrogen-bond acceptors (Lipinski definition) is 3. The van der Waals surface area contributed by atoms with Crippen molar-refractivity contribution in [2.24, 2.45) is 5.73 Å². The van der Waals surface area contributed by atoms with Gasteiger partial charge in [-0.15, -0.1) is 0 Å². The summed E-state index contributed by atoms with van der Waals surface area (Å²) in [6.07, 6.45) is 0. The molecule has 3 rings (SSSR count). The predicted molar refractivity (Wildman–Crippen MR) is 103 cm³/mol. The van der Waals surface area contributed by atoms with Crippen molar-refractivity contribution in [1.29, 1.82) is 0 Å². The molecule has 1 aliphatic rings. The minimum atomic E-state index is -0.543. The predicted octanol–water partition coefficient (Wildman–Crippen LogP) is 2.08. The fourth-order valence-corrected chi connectivity index (χ4v) is 2.98. The van der Waals surface area contributed by atoms with Gasteiger partial charge in [0.1, 0.15) is 0 Å². The maximum Gasteiger partial charge on any atom is 0.321 e. The molecule has 0 saturated carbocycles. The molecule has 0 unspecified atom stereocenters. The Morgan fingerprint density at radius 2 is 1.52 bits per heavy atom. The summed E-state index contributed by atoms with van der Waals surface area (Å²) in [5.74, 6) is -0.570. The van der Waals surface area contributed by atoms with Gasteiger partial charge in [0.2, 0.25) is 5.91 Å². The number of rotatable bonds is 3. The zero-order valence-corrected chi connectivity index (χ0v) is 15.1. The van der Waals surface area contributed by atoms with E-state index in [2.05, 4.69) is 5.32 Å². The Bertz CT molecular complexity index is 859. The number of nitrogens with two attached hydrogens (primary N) is 1. The van der Waals surface area contributed by atoms with Crippen LogP contribution >= 0.6 is 0 Å². The Labute approximate surface area is 157 Å². The standard InChI is InChI=1S/C20H22N4O3/c1-14-7-8-16(18(21)25)13-17(14)22-20(27)24-11-9-23(10-12-24)19(26)15-5-3-2-4-6-15/h2-8,13H,9-12H2,1H3,(H2,21,25)(H,22,27). The third kappa shape index (κ3) is 4.25. The Morgan fingerprint density at radius 1 is 0.889 bits per heavy atom. The summed E-state index contributed by atoms with van der Waals surface area (Å²) in [5.41, 5.74) is 7.68. The van der Waals surface area contributed by atoms with Gasteiger partial charge in [-0.05, 0) is 36.8 Å². The molecule has 1 heterocycles. The SMILES string of the molecule is Cc1ccc(C(N)=O)cc1NC(=O)N1CCN(C(=O)c2ccccc2)CC1. The van der Waals surface area contributed by atoms with Crippen molar-refractivity contribution in [3.05, 3.63) is 65.2 Å². The number of hydrogen-bond donors (Lipinski definition) is 2. The Balaban J connectivity index is 1.60. The summed E-state index contributed by atoms with van der Waals surface area (Å²) < 4.78 is 0. The highest BCUT2D eigenvalue weighted by Gasteiger charge is 2.25. The summed E-state index contributed by atoms with van der Waals surface area (Å²) in [4.78, 5) is 39.8. The largest absolute Gasteiger partial charge is 0.366 e. The Hall–Kier alpha value is -3.35. The third-order valence-electron chi connectivity index (χ3n) is 4.64. The van der Waals surface area contributed by atoms with Crippen molar-refractivity contribution in [3.63, 3.8) is 0 Å². The van der Waals surface area contributed by atoms with E-state index in [1.54, 1.807) is 40.1 Å². The van der Waals surface area contributed by atoms with Gasteiger partial charge in [-0.3, -0.25) is 9.59 Å². The fraction of sp³-hybridized carbons (Fsp3) is 0.250. The number of nitrogens with one attached hydrogen (secondary N) is 1. The number of amides is 4. The molecule has 1 aliphatic heterocycles. The lowest BCUT2D eigenvalue weighted by molar-refractivity contribution is 0.0671. The van der Waals surface area contributed by atoms with Crippen LogP contribution in [0.15, 0.2) is 48.5 Å². The molecule has 2 aromatic carbocycles. The number of primary amides is 1. The summed E-state index contributed by atoms with van der Waals surface area (Å²) in [5, 5.41) is 2.83. The van der Waals surface area contributed by atoms with E-state index in [0.29, 0.717) is 43.0 Å². The molecule has 0 spiro atoms. The van der Waals surface area contributed by atoms with Crippen LogP contribution in [-0.4, -0.2) is 53.8 Å². The molecule has 7 nitrogen and oxygen atoms in total. The molecule has 27 heavy (non-hydrogen) atoms. The molecule has 140 valence electrons. The molecule has 3 N–H and O–H groups in total. The van der Waals surface area contributed by atoms with Crippen LogP contribution in [0.4, 0.5) is 10.5 Å². The van der Waals surface area contributed by atoms with Gasteiger partial charge in [0.05, 0.1) is 0 Å². The van der Waals surface area contributed by atoms with Gasteiger partial charge in [-0.25, -0.2) is 4.79 Å². The van der Waals surface area contributed by atoms with Gasteiger partial charge in [0.25, 0.3) is 5.91 Å². The number of urea groups is 1. The number of anilines is 1. The summed E-state index contributed by atoms with van der Waals surface area (Å²) >= 11 is 0. The first-order chi connectivity index (χ1) is 13.0. The van der Waals surface area contributed by atoms with E-state index in [1.807, 2.05) is 25.1 Å². The van der Waals surface area contributed by atoms with E-state index >= 15 is 0 Å². The molecule has 1 saturated heterocycles. The van der Waals surface area contributed by atoms with Crippen LogP contribution in [0.25, 0.3) is 0 Å². The van der Waals surface area contributed by atoms with Gasteiger partial charge in [0.15, 0.2) is 0 Å². The summed E-state index contributed by atoms with van der Waals surface area (Å²) in [6.45, 7) is 3.68. The molecular weight excluding hydrogens is 344 g/mol. The highest BCUT2D eigenvalue weighted by Crippen LogP contribution is 2.18. The molecule has 0 atom stereocenters. The van der Waals surface area contributed by atoms with E-state index in [9.17, 15) is 14.4 Å². The average molecular weight is 366 g/mol. The monoisotopic (exact) mass is 366 g/mol. The fourth-order valence-electron chi connectivity index (χ4n) is 2.98. The van der Waals surface area contributed by atoms with Crippen molar-refractivity contribution in [3.8, 4) is 0 Å². The van der Waals surface area contributed by atoms with Crippen LogP contribution in [0.5, 0.6) is 0 Å². The van der Waals surface area contributed by atoms with E-state index in [4.69, 9.17) is 5.73 Å². The Morgan fingerprint density at radius 3 is 2.15 bits per heavy atom. The zero-order valence-electron chi connectivity index (χ0n) is 15.1. The zero-order chi connectivity index (χ0) is 19.4. The first-order valence-corrected chi connectivity index (χ1v) is 8.76. The molecule has 0 radical (unpaired) electrons. The van der Waals surface area contributed by atoms with Crippen LogP contribution in [0.2, 0.25) is 0 Å². The van der Waals surface area contributed by atoms with E-state index < -0.39 is 5.91 Å². The molecule has 4 amide bonds. The van der Waals surface area contributed by atoms with E-state index in [-0.39, 0.29) is 11.9 Å². The minimum Gasteiger partial charge on any atom is -0.366 e. The maximum absolute atomic E-state index is 12.5. The Kier molecular flexibility index (Phi) is 5.40. The van der Waals surface area contributed by atoms with E-state index in [1.165, 1.54) is 0 Å². The lowest BCUT2D eigenvalue weighted by Gasteiger charge is -2.34.